The summed E-state index contributed by atoms with van der Waals surface area (Å²) in [4.78, 5) is 13.7. The zero-order valence-electron chi connectivity index (χ0n) is 16.5. The van der Waals surface area contributed by atoms with Crippen molar-refractivity contribution in [3.8, 4) is 0 Å². The van der Waals surface area contributed by atoms with E-state index in [1.165, 1.54) is 48.7 Å². The van der Waals surface area contributed by atoms with Crippen molar-refractivity contribution in [1.82, 2.24) is 20.1 Å². The minimum Gasteiger partial charge on any atom is -0.355 e. The number of carbonyl (C=O) groups excluding carboxylic acids is 1. The third-order valence-electron chi connectivity index (χ3n) is 4.92. The first-order chi connectivity index (χ1) is 13.0. The molecule has 27 heavy (non-hydrogen) atoms. The first-order valence-corrected chi connectivity index (χ1v) is 11.7. The Hall–Kier alpha value is -1.34. The molecule has 0 saturated heterocycles. The summed E-state index contributed by atoms with van der Waals surface area (Å²) < 4.78 is 2.33. The molecule has 1 aliphatic rings. The topological polar surface area (TPSA) is 59.8 Å². The molecule has 1 amide bonds. The van der Waals surface area contributed by atoms with Crippen molar-refractivity contribution < 1.29 is 4.79 Å². The molecule has 5 nitrogen and oxygen atoms in total. The van der Waals surface area contributed by atoms with Gasteiger partial charge in [0.15, 0.2) is 5.16 Å². The van der Waals surface area contributed by atoms with Crippen LogP contribution in [0.2, 0.25) is 0 Å². The minimum absolute atomic E-state index is 0.0756. The van der Waals surface area contributed by atoms with Gasteiger partial charge in [0.05, 0.1) is 5.25 Å². The molecule has 1 fully saturated rings. The lowest BCUT2D eigenvalue weighted by Gasteiger charge is -2.26. The molecule has 1 saturated carbocycles. The van der Waals surface area contributed by atoms with Crippen LogP contribution in [0.3, 0.4) is 0 Å². The number of hydrogen-bond donors (Lipinski definition) is 1. The second-order valence-electron chi connectivity index (χ2n) is 7.72. The van der Waals surface area contributed by atoms with Gasteiger partial charge in [0.1, 0.15) is 5.82 Å². The smallest absolute Gasteiger partial charge is 0.233 e. The Morgan fingerprint density at radius 2 is 2.07 bits per heavy atom. The minimum atomic E-state index is -0.176. The van der Waals surface area contributed by atoms with Crippen LogP contribution < -0.4 is 5.32 Å². The maximum absolute atomic E-state index is 12.4. The third-order valence-corrected chi connectivity index (χ3v) is 6.86. The molecule has 2 aromatic heterocycles. The van der Waals surface area contributed by atoms with Crippen LogP contribution in [0.1, 0.15) is 69.6 Å². The summed E-state index contributed by atoms with van der Waals surface area (Å²) in [5.74, 6) is 1.56. The molecule has 1 unspecified atom stereocenters. The highest BCUT2D eigenvalue weighted by atomic mass is 32.2. The Morgan fingerprint density at radius 1 is 1.30 bits per heavy atom. The van der Waals surface area contributed by atoms with Crippen molar-refractivity contribution in [1.29, 1.82) is 0 Å². The van der Waals surface area contributed by atoms with Crippen LogP contribution in [0, 0.1) is 5.92 Å². The highest BCUT2D eigenvalue weighted by Gasteiger charge is 2.26. The molecule has 7 heteroatoms. The summed E-state index contributed by atoms with van der Waals surface area (Å²) in [7, 11) is 0. The van der Waals surface area contributed by atoms with Crippen LogP contribution in [-0.4, -0.2) is 32.5 Å². The number of thiophene rings is 1. The second kappa shape index (κ2) is 9.73. The van der Waals surface area contributed by atoms with E-state index in [-0.39, 0.29) is 11.2 Å². The molecule has 0 aromatic carbocycles. The monoisotopic (exact) mass is 406 g/mol. The summed E-state index contributed by atoms with van der Waals surface area (Å²) >= 11 is 3.30. The lowest BCUT2D eigenvalue weighted by atomic mass is 9.95. The van der Waals surface area contributed by atoms with Crippen LogP contribution in [0.15, 0.2) is 22.7 Å². The van der Waals surface area contributed by atoms with Gasteiger partial charge < -0.3 is 9.88 Å². The molecule has 0 radical (unpaired) electrons. The van der Waals surface area contributed by atoms with Crippen LogP contribution in [0.4, 0.5) is 0 Å². The number of nitrogens with zero attached hydrogens (tertiary/aromatic N) is 3. The first-order valence-electron chi connectivity index (χ1n) is 9.95. The number of hydrogen-bond acceptors (Lipinski definition) is 5. The maximum Gasteiger partial charge on any atom is 0.233 e. The molecule has 3 rings (SSSR count). The predicted molar refractivity (Wildman–Crippen MR) is 112 cm³/mol. The maximum atomic E-state index is 12.4. The lowest BCUT2D eigenvalue weighted by Crippen LogP contribution is -2.33. The lowest BCUT2D eigenvalue weighted by molar-refractivity contribution is -0.120. The Morgan fingerprint density at radius 3 is 2.74 bits per heavy atom. The van der Waals surface area contributed by atoms with Gasteiger partial charge in [-0.15, -0.1) is 21.5 Å². The van der Waals surface area contributed by atoms with E-state index in [0.29, 0.717) is 18.5 Å². The molecule has 2 aromatic rings. The number of carbonyl (C=O) groups is 1. The molecular weight excluding hydrogens is 376 g/mol. The molecule has 148 valence electrons. The van der Waals surface area contributed by atoms with E-state index in [9.17, 15) is 4.79 Å². The number of amides is 1. The van der Waals surface area contributed by atoms with E-state index < -0.39 is 0 Å². The van der Waals surface area contributed by atoms with Crippen molar-refractivity contribution in [3.05, 3.63) is 28.2 Å². The van der Waals surface area contributed by atoms with Crippen LogP contribution in [-0.2, 0) is 11.2 Å². The molecule has 1 N–H and O–H groups in total. The Bertz CT molecular complexity index is 720. The fourth-order valence-electron chi connectivity index (χ4n) is 3.44. The molecule has 0 bridgehead atoms. The van der Waals surface area contributed by atoms with Gasteiger partial charge >= 0.3 is 0 Å². The van der Waals surface area contributed by atoms with Gasteiger partial charge in [-0.25, -0.2) is 0 Å². The number of rotatable bonds is 8. The Kier molecular flexibility index (Phi) is 7.35. The average molecular weight is 407 g/mol. The summed E-state index contributed by atoms with van der Waals surface area (Å²) in [6.45, 7) is 6.88. The van der Waals surface area contributed by atoms with Gasteiger partial charge in [-0.05, 0) is 37.1 Å². The van der Waals surface area contributed by atoms with E-state index in [0.717, 1.165) is 17.4 Å². The van der Waals surface area contributed by atoms with Crippen LogP contribution >= 0.6 is 23.1 Å². The number of nitrogens with one attached hydrogen (secondary N) is 1. The van der Waals surface area contributed by atoms with E-state index >= 15 is 0 Å². The van der Waals surface area contributed by atoms with Crippen LogP contribution in [0.5, 0.6) is 0 Å². The zero-order valence-corrected chi connectivity index (χ0v) is 18.1. The summed E-state index contributed by atoms with van der Waals surface area (Å²) in [5.41, 5.74) is 0. The van der Waals surface area contributed by atoms with Crippen molar-refractivity contribution in [2.24, 2.45) is 5.92 Å². The van der Waals surface area contributed by atoms with Gasteiger partial charge in [-0.3, -0.25) is 4.79 Å². The highest BCUT2D eigenvalue weighted by Crippen LogP contribution is 2.34. The Balaban J connectivity index is 1.77. The van der Waals surface area contributed by atoms with Gasteiger partial charge in [-0.1, -0.05) is 50.9 Å². The standard InChI is InChI=1S/C20H30N4OS2/c1-14(2)13-21-19(25)15(3)27-20-23-22-18(12-17-10-7-11-26-17)24(20)16-8-5-4-6-9-16/h7,10-11,14-16H,4-6,8-9,12-13H2,1-3H3,(H,21,25). The molecule has 2 heterocycles. The summed E-state index contributed by atoms with van der Waals surface area (Å²) in [6, 6.07) is 4.69. The van der Waals surface area contributed by atoms with E-state index in [2.05, 4.69) is 51.4 Å². The van der Waals surface area contributed by atoms with Gasteiger partial charge in [0.2, 0.25) is 5.91 Å². The van der Waals surface area contributed by atoms with Gasteiger partial charge in [0, 0.05) is 23.9 Å². The SMILES string of the molecule is CC(C)CNC(=O)C(C)Sc1nnc(Cc2cccs2)n1C1CCCCC1. The molecular formula is C20H30N4OS2. The summed E-state index contributed by atoms with van der Waals surface area (Å²) in [6.07, 6.45) is 7.00. The van der Waals surface area contributed by atoms with Crippen molar-refractivity contribution in [2.75, 3.05) is 6.54 Å². The largest absolute Gasteiger partial charge is 0.355 e. The quantitative estimate of drug-likeness (QED) is 0.646. The molecule has 1 aliphatic carbocycles. The van der Waals surface area contributed by atoms with Crippen molar-refractivity contribution in [3.63, 3.8) is 0 Å². The number of aromatic nitrogens is 3. The van der Waals surface area contributed by atoms with E-state index in [1.54, 1.807) is 11.3 Å². The fraction of sp³-hybridized carbons (Fsp3) is 0.650. The van der Waals surface area contributed by atoms with Gasteiger partial charge in [0.25, 0.3) is 0 Å². The second-order valence-corrected chi connectivity index (χ2v) is 10.1. The average Bonchev–Trinajstić information content (AvgIpc) is 3.31. The summed E-state index contributed by atoms with van der Waals surface area (Å²) in [5, 5.41) is 14.9. The fourth-order valence-corrected chi connectivity index (χ4v) is 5.11. The van der Waals surface area contributed by atoms with Crippen LogP contribution in [0.25, 0.3) is 0 Å². The molecule has 1 atom stereocenters. The number of thioether (sulfide) groups is 1. The van der Waals surface area contributed by atoms with Crippen molar-refractivity contribution in [2.45, 2.75) is 75.7 Å². The third kappa shape index (κ3) is 5.57. The Labute approximate surface area is 170 Å². The molecule has 0 aliphatic heterocycles. The van der Waals surface area contributed by atoms with E-state index in [1.807, 2.05) is 6.92 Å². The van der Waals surface area contributed by atoms with E-state index in [4.69, 9.17) is 0 Å². The zero-order chi connectivity index (χ0) is 19.2. The normalized spacial score (nSPS) is 16.6. The highest BCUT2D eigenvalue weighted by molar-refractivity contribution is 8.00. The first kappa shape index (κ1) is 20.4. The molecule has 0 spiro atoms. The van der Waals surface area contributed by atoms with Gasteiger partial charge in [-0.2, -0.15) is 0 Å². The van der Waals surface area contributed by atoms with Crippen molar-refractivity contribution >= 4 is 29.0 Å². The predicted octanol–water partition coefficient (Wildman–Crippen LogP) is 4.69.